The minimum absolute atomic E-state index is 0.0349. The van der Waals surface area contributed by atoms with Gasteiger partial charge in [-0.1, -0.05) is 18.2 Å². The minimum atomic E-state index is -0.371. The van der Waals surface area contributed by atoms with Crippen molar-refractivity contribution in [1.29, 1.82) is 0 Å². The van der Waals surface area contributed by atoms with Crippen LogP contribution in [-0.2, 0) is 13.6 Å². The molecule has 0 saturated carbocycles. The molecule has 0 saturated heterocycles. The molecule has 0 fully saturated rings. The number of nitrogens with zero attached hydrogens (tertiary/aromatic N) is 4. The van der Waals surface area contributed by atoms with E-state index >= 15 is 0 Å². The Morgan fingerprint density at radius 3 is 2.84 bits per heavy atom. The fourth-order valence-electron chi connectivity index (χ4n) is 1.88. The first kappa shape index (κ1) is 13.2. The Balaban J connectivity index is 2.07. The van der Waals surface area contributed by atoms with E-state index < -0.39 is 0 Å². The Morgan fingerprint density at radius 1 is 1.47 bits per heavy atom. The Bertz CT molecular complexity index is 581. The number of hydrogen-bond donors (Lipinski definition) is 1. The van der Waals surface area contributed by atoms with Gasteiger partial charge < -0.3 is 9.88 Å². The van der Waals surface area contributed by atoms with Gasteiger partial charge in [0.2, 0.25) is 0 Å². The fourth-order valence-corrected chi connectivity index (χ4v) is 1.88. The standard InChI is InChI=1S/C12H15N5O2/c1-9(12-15-14-8-16(12)2)13-7-10-5-3-4-6-11(10)17(18)19/h3-6,8-9,13H,7H2,1-2H3. The molecule has 1 aromatic heterocycles. The first-order valence-electron chi connectivity index (χ1n) is 5.89. The highest BCUT2D eigenvalue weighted by Gasteiger charge is 2.15. The van der Waals surface area contributed by atoms with E-state index in [1.807, 2.05) is 18.5 Å². The first-order valence-corrected chi connectivity index (χ1v) is 5.89. The van der Waals surface area contributed by atoms with Crippen molar-refractivity contribution in [2.45, 2.75) is 19.5 Å². The molecule has 1 N–H and O–H groups in total. The Kier molecular flexibility index (Phi) is 3.86. The molecule has 0 amide bonds. The number of aromatic nitrogens is 3. The second-order valence-corrected chi connectivity index (χ2v) is 4.29. The van der Waals surface area contributed by atoms with Crippen LogP contribution >= 0.6 is 0 Å². The van der Waals surface area contributed by atoms with Crippen LogP contribution in [0.3, 0.4) is 0 Å². The van der Waals surface area contributed by atoms with Crippen LogP contribution in [0.25, 0.3) is 0 Å². The third kappa shape index (κ3) is 2.94. The first-order chi connectivity index (χ1) is 9.09. The molecule has 0 spiro atoms. The van der Waals surface area contributed by atoms with E-state index in [4.69, 9.17) is 0 Å². The molecule has 100 valence electrons. The normalized spacial score (nSPS) is 12.3. The van der Waals surface area contributed by atoms with Crippen molar-refractivity contribution in [2.24, 2.45) is 7.05 Å². The third-order valence-corrected chi connectivity index (χ3v) is 2.92. The lowest BCUT2D eigenvalue weighted by Gasteiger charge is -2.12. The SMILES string of the molecule is CC(NCc1ccccc1[N+](=O)[O-])c1nncn1C. The molecule has 0 aliphatic heterocycles. The van der Waals surface area contributed by atoms with Gasteiger partial charge in [-0.3, -0.25) is 10.1 Å². The Morgan fingerprint density at radius 2 is 2.21 bits per heavy atom. The number of hydrogen-bond acceptors (Lipinski definition) is 5. The zero-order chi connectivity index (χ0) is 13.8. The summed E-state index contributed by atoms with van der Waals surface area (Å²) in [6.07, 6.45) is 1.62. The van der Waals surface area contributed by atoms with Crippen molar-refractivity contribution in [1.82, 2.24) is 20.1 Å². The van der Waals surface area contributed by atoms with Crippen LogP contribution < -0.4 is 5.32 Å². The van der Waals surface area contributed by atoms with Gasteiger partial charge in [0.05, 0.1) is 11.0 Å². The summed E-state index contributed by atoms with van der Waals surface area (Å²) in [5.74, 6) is 0.790. The van der Waals surface area contributed by atoms with Gasteiger partial charge in [0, 0.05) is 25.2 Å². The van der Waals surface area contributed by atoms with E-state index in [1.54, 1.807) is 24.5 Å². The molecule has 1 atom stereocenters. The summed E-state index contributed by atoms with van der Waals surface area (Å²) in [6, 6.07) is 6.66. The summed E-state index contributed by atoms with van der Waals surface area (Å²) in [7, 11) is 1.86. The molecular weight excluding hydrogens is 246 g/mol. The predicted octanol–water partition coefficient (Wildman–Crippen LogP) is 1.57. The van der Waals surface area contributed by atoms with E-state index in [-0.39, 0.29) is 16.7 Å². The Labute approximate surface area is 110 Å². The van der Waals surface area contributed by atoms with Gasteiger partial charge in [-0.25, -0.2) is 0 Å². The zero-order valence-corrected chi connectivity index (χ0v) is 10.8. The number of nitrogens with one attached hydrogen (secondary N) is 1. The number of para-hydroxylation sites is 1. The van der Waals surface area contributed by atoms with E-state index in [0.717, 1.165) is 5.82 Å². The number of rotatable bonds is 5. The van der Waals surface area contributed by atoms with Gasteiger partial charge in [0.25, 0.3) is 5.69 Å². The van der Waals surface area contributed by atoms with E-state index in [2.05, 4.69) is 15.5 Å². The van der Waals surface area contributed by atoms with Gasteiger partial charge in [-0.15, -0.1) is 10.2 Å². The molecule has 7 heteroatoms. The maximum atomic E-state index is 10.9. The van der Waals surface area contributed by atoms with Gasteiger partial charge in [-0.2, -0.15) is 0 Å². The zero-order valence-electron chi connectivity index (χ0n) is 10.8. The van der Waals surface area contributed by atoms with Crippen LogP contribution in [0.15, 0.2) is 30.6 Å². The molecule has 0 bridgehead atoms. The van der Waals surface area contributed by atoms with E-state index in [9.17, 15) is 10.1 Å². The average Bonchev–Trinajstić information content (AvgIpc) is 2.82. The molecule has 2 rings (SSSR count). The van der Waals surface area contributed by atoms with Gasteiger partial charge in [0.1, 0.15) is 12.2 Å². The minimum Gasteiger partial charge on any atom is -0.319 e. The molecule has 19 heavy (non-hydrogen) atoms. The summed E-state index contributed by atoms with van der Waals surface area (Å²) < 4.78 is 1.82. The third-order valence-electron chi connectivity index (χ3n) is 2.92. The molecular formula is C12H15N5O2. The lowest BCUT2D eigenvalue weighted by Crippen LogP contribution is -2.21. The summed E-state index contributed by atoms with van der Waals surface area (Å²) in [4.78, 5) is 10.5. The smallest absolute Gasteiger partial charge is 0.273 e. The maximum Gasteiger partial charge on any atom is 0.273 e. The summed E-state index contributed by atoms with van der Waals surface area (Å²) in [6.45, 7) is 2.35. The Hall–Kier alpha value is -2.28. The topological polar surface area (TPSA) is 85.9 Å². The number of nitro benzene ring substituents is 1. The van der Waals surface area contributed by atoms with Crippen LogP contribution in [0.1, 0.15) is 24.4 Å². The van der Waals surface area contributed by atoms with E-state index in [1.165, 1.54) is 6.07 Å². The molecule has 1 unspecified atom stereocenters. The summed E-state index contributed by atoms with van der Waals surface area (Å²) in [5, 5.41) is 21.9. The molecule has 2 aromatic rings. The second kappa shape index (κ2) is 5.57. The highest BCUT2D eigenvalue weighted by molar-refractivity contribution is 5.39. The van der Waals surface area contributed by atoms with Crippen molar-refractivity contribution < 1.29 is 4.92 Å². The van der Waals surface area contributed by atoms with Crippen LogP contribution in [0.5, 0.6) is 0 Å². The average molecular weight is 261 g/mol. The van der Waals surface area contributed by atoms with Crippen LogP contribution in [0, 0.1) is 10.1 Å². The molecule has 0 aliphatic carbocycles. The largest absolute Gasteiger partial charge is 0.319 e. The lowest BCUT2D eigenvalue weighted by atomic mass is 10.1. The number of benzene rings is 1. The molecule has 0 aliphatic rings. The predicted molar refractivity (Wildman–Crippen MR) is 69.4 cm³/mol. The fraction of sp³-hybridized carbons (Fsp3) is 0.333. The highest BCUT2D eigenvalue weighted by Crippen LogP contribution is 2.18. The lowest BCUT2D eigenvalue weighted by molar-refractivity contribution is -0.385. The summed E-state index contributed by atoms with van der Waals surface area (Å²) >= 11 is 0. The molecule has 0 radical (unpaired) electrons. The number of aryl methyl sites for hydroxylation is 1. The van der Waals surface area contributed by atoms with Crippen molar-refractivity contribution >= 4 is 5.69 Å². The molecule has 1 aromatic carbocycles. The van der Waals surface area contributed by atoms with Crippen LogP contribution in [0.2, 0.25) is 0 Å². The van der Waals surface area contributed by atoms with Gasteiger partial charge in [-0.05, 0) is 6.92 Å². The number of nitro groups is 1. The van der Waals surface area contributed by atoms with Crippen molar-refractivity contribution in [3.63, 3.8) is 0 Å². The second-order valence-electron chi connectivity index (χ2n) is 4.29. The van der Waals surface area contributed by atoms with Crippen LogP contribution in [0.4, 0.5) is 5.69 Å². The van der Waals surface area contributed by atoms with Crippen molar-refractivity contribution in [3.8, 4) is 0 Å². The van der Waals surface area contributed by atoms with Gasteiger partial charge in [0.15, 0.2) is 0 Å². The molecule has 7 nitrogen and oxygen atoms in total. The quantitative estimate of drug-likeness (QED) is 0.652. The van der Waals surface area contributed by atoms with Crippen LogP contribution in [-0.4, -0.2) is 19.7 Å². The molecule has 1 heterocycles. The summed E-state index contributed by atoms with van der Waals surface area (Å²) in [5.41, 5.74) is 0.779. The maximum absolute atomic E-state index is 10.9. The van der Waals surface area contributed by atoms with Crippen molar-refractivity contribution in [2.75, 3.05) is 0 Å². The van der Waals surface area contributed by atoms with Gasteiger partial charge >= 0.3 is 0 Å². The highest BCUT2D eigenvalue weighted by atomic mass is 16.6. The monoisotopic (exact) mass is 261 g/mol. The van der Waals surface area contributed by atoms with Crippen molar-refractivity contribution in [3.05, 3.63) is 52.1 Å². The van der Waals surface area contributed by atoms with E-state index in [0.29, 0.717) is 12.1 Å².